The number of carbonyl (C=O) groups excluding carboxylic acids is 1. The predicted octanol–water partition coefficient (Wildman–Crippen LogP) is 7.19. The molecule has 0 aliphatic rings. The number of fused-ring (bicyclic) bond motifs is 3. The van der Waals surface area contributed by atoms with Gasteiger partial charge in [0.2, 0.25) is 0 Å². The lowest BCUT2D eigenvalue weighted by molar-refractivity contribution is -0.382. The van der Waals surface area contributed by atoms with E-state index >= 15 is 0 Å². The molecule has 6 nitrogen and oxygen atoms in total. The van der Waals surface area contributed by atoms with E-state index in [1.165, 1.54) is 0 Å². The first-order chi connectivity index (χ1) is 17.4. The SMILES string of the molecule is CCCCc1ccc(-c2c(C(=O)c3ccccc3)c(O)c3c4ccccc4n(C)c3c2[N+](=O)[O-])cc1. The van der Waals surface area contributed by atoms with Crippen LogP contribution >= 0.6 is 0 Å². The summed E-state index contributed by atoms with van der Waals surface area (Å²) in [6.45, 7) is 2.13. The number of para-hydroxylation sites is 1. The molecule has 6 heteroatoms. The zero-order valence-electron chi connectivity index (χ0n) is 20.2. The van der Waals surface area contributed by atoms with Crippen LogP contribution in [0.15, 0.2) is 78.9 Å². The molecular weight excluding hydrogens is 452 g/mol. The summed E-state index contributed by atoms with van der Waals surface area (Å²) in [5.74, 6) is -0.706. The normalized spacial score (nSPS) is 11.3. The lowest BCUT2D eigenvalue weighted by Gasteiger charge is -2.15. The van der Waals surface area contributed by atoms with E-state index in [1.54, 1.807) is 48.0 Å². The van der Waals surface area contributed by atoms with Crippen LogP contribution in [0.1, 0.15) is 41.3 Å². The molecule has 0 amide bonds. The van der Waals surface area contributed by atoms with E-state index in [0.717, 1.165) is 30.3 Å². The molecule has 0 unspecified atom stereocenters. The molecule has 180 valence electrons. The maximum atomic E-state index is 13.8. The number of carbonyl (C=O) groups is 1. The summed E-state index contributed by atoms with van der Waals surface area (Å²) in [6, 6.07) is 23.4. The molecule has 36 heavy (non-hydrogen) atoms. The van der Waals surface area contributed by atoms with Crippen molar-refractivity contribution in [3.05, 3.63) is 106 Å². The van der Waals surface area contributed by atoms with Crippen LogP contribution in [0, 0.1) is 10.1 Å². The monoisotopic (exact) mass is 478 g/mol. The minimum Gasteiger partial charge on any atom is -0.506 e. The van der Waals surface area contributed by atoms with Crippen molar-refractivity contribution in [2.45, 2.75) is 26.2 Å². The maximum Gasteiger partial charge on any atom is 0.302 e. The third-order valence-electron chi connectivity index (χ3n) is 6.80. The Morgan fingerprint density at radius 1 is 0.972 bits per heavy atom. The number of hydrogen-bond donors (Lipinski definition) is 1. The topological polar surface area (TPSA) is 85.4 Å². The number of aryl methyl sites for hydroxylation is 2. The summed E-state index contributed by atoms with van der Waals surface area (Å²) in [4.78, 5) is 26.1. The van der Waals surface area contributed by atoms with Gasteiger partial charge in [0.25, 0.3) is 0 Å². The molecule has 0 aliphatic carbocycles. The Morgan fingerprint density at radius 3 is 2.31 bits per heavy atom. The van der Waals surface area contributed by atoms with Gasteiger partial charge >= 0.3 is 5.69 Å². The van der Waals surface area contributed by atoms with E-state index in [-0.39, 0.29) is 28.1 Å². The number of rotatable bonds is 7. The number of aromatic hydroxyl groups is 1. The van der Waals surface area contributed by atoms with Gasteiger partial charge in [-0.25, -0.2) is 0 Å². The van der Waals surface area contributed by atoms with Crippen molar-refractivity contribution in [3.63, 3.8) is 0 Å². The van der Waals surface area contributed by atoms with Crippen molar-refractivity contribution in [3.8, 4) is 16.9 Å². The number of phenolic OH excluding ortho intramolecular Hbond substituents is 1. The van der Waals surface area contributed by atoms with Crippen LogP contribution in [-0.2, 0) is 13.5 Å². The number of unbranched alkanes of at least 4 members (excludes halogenated alkanes) is 1. The second-order valence-electron chi connectivity index (χ2n) is 9.00. The smallest absolute Gasteiger partial charge is 0.302 e. The first-order valence-electron chi connectivity index (χ1n) is 12.0. The molecule has 0 atom stereocenters. The Labute approximate surface area is 208 Å². The second-order valence-corrected chi connectivity index (χ2v) is 9.00. The van der Waals surface area contributed by atoms with Gasteiger partial charge in [-0.1, -0.05) is 86.1 Å². The van der Waals surface area contributed by atoms with Gasteiger partial charge in [0.1, 0.15) is 11.3 Å². The van der Waals surface area contributed by atoms with Gasteiger partial charge in [-0.15, -0.1) is 0 Å². The van der Waals surface area contributed by atoms with Crippen molar-refractivity contribution in [1.29, 1.82) is 0 Å². The average Bonchev–Trinajstić information content (AvgIpc) is 3.20. The molecule has 0 spiro atoms. The highest BCUT2D eigenvalue weighted by molar-refractivity contribution is 6.25. The van der Waals surface area contributed by atoms with Crippen molar-refractivity contribution < 1.29 is 14.8 Å². The van der Waals surface area contributed by atoms with Gasteiger partial charge in [0.05, 0.1) is 21.4 Å². The minimum atomic E-state index is -0.462. The van der Waals surface area contributed by atoms with Crippen LogP contribution in [0.3, 0.4) is 0 Å². The first-order valence-corrected chi connectivity index (χ1v) is 12.0. The van der Waals surface area contributed by atoms with E-state index in [4.69, 9.17) is 0 Å². The van der Waals surface area contributed by atoms with Gasteiger partial charge in [-0.3, -0.25) is 14.9 Å². The number of hydrogen-bond acceptors (Lipinski definition) is 4. The van der Waals surface area contributed by atoms with E-state index in [2.05, 4.69) is 6.92 Å². The first kappa shape index (κ1) is 23.3. The third-order valence-corrected chi connectivity index (χ3v) is 6.80. The quantitative estimate of drug-likeness (QED) is 0.152. The Kier molecular flexibility index (Phi) is 6.02. The molecule has 0 fully saturated rings. The van der Waals surface area contributed by atoms with Crippen LogP contribution in [0.2, 0.25) is 0 Å². The van der Waals surface area contributed by atoms with Crippen molar-refractivity contribution >= 4 is 33.3 Å². The lowest BCUT2D eigenvalue weighted by Crippen LogP contribution is -2.08. The van der Waals surface area contributed by atoms with Crippen molar-refractivity contribution in [2.24, 2.45) is 7.05 Å². The number of ketones is 1. The highest BCUT2D eigenvalue weighted by Gasteiger charge is 2.34. The summed E-state index contributed by atoms with van der Waals surface area (Å²) in [7, 11) is 1.74. The number of nitrogens with zero attached hydrogens (tertiary/aromatic N) is 2. The molecule has 0 radical (unpaired) electrons. The van der Waals surface area contributed by atoms with Gasteiger partial charge in [-0.2, -0.15) is 0 Å². The minimum absolute atomic E-state index is 0.0574. The molecule has 5 aromatic rings. The van der Waals surface area contributed by atoms with Crippen LogP contribution < -0.4 is 0 Å². The predicted molar refractivity (Wildman–Crippen MR) is 143 cm³/mol. The summed E-state index contributed by atoms with van der Waals surface area (Å²) < 4.78 is 1.72. The molecular formula is C30H26N2O4. The van der Waals surface area contributed by atoms with E-state index in [9.17, 15) is 20.0 Å². The number of benzene rings is 4. The molecule has 1 N–H and O–H groups in total. The molecule has 0 aliphatic heterocycles. The molecule has 4 aromatic carbocycles. The van der Waals surface area contributed by atoms with Crippen molar-refractivity contribution in [2.75, 3.05) is 0 Å². The summed E-state index contributed by atoms with van der Waals surface area (Å²) >= 11 is 0. The van der Waals surface area contributed by atoms with E-state index < -0.39 is 10.7 Å². The molecule has 1 aromatic heterocycles. The Morgan fingerprint density at radius 2 is 1.64 bits per heavy atom. The number of nitro benzene ring substituents is 1. The molecule has 0 saturated carbocycles. The van der Waals surface area contributed by atoms with E-state index in [0.29, 0.717) is 21.9 Å². The Balaban J connectivity index is 1.92. The fraction of sp³-hybridized carbons (Fsp3) is 0.167. The largest absolute Gasteiger partial charge is 0.506 e. The van der Waals surface area contributed by atoms with Crippen molar-refractivity contribution in [1.82, 2.24) is 4.57 Å². The van der Waals surface area contributed by atoms with Crippen LogP contribution in [0.4, 0.5) is 5.69 Å². The van der Waals surface area contributed by atoms with Gasteiger partial charge in [0, 0.05) is 23.5 Å². The third kappa shape index (κ3) is 3.71. The van der Waals surface area contributed by atoms with Crippen LogP contribution in [0.25, 0.3) is 32.9 Å². The average molecular weight is 479 g/mol. The second kappa shape index (κ2) is 9.30. The molecule has 5 rings (SSSR count). The van der Waals surface area contributed by atoms with Gasteiger partial charge in [-0.05, 0) is 30.0 Å². The Hall–Kier alpha value is -4.45. The zero-order valence-corrected chi connectivity index (χ0v) is 20.2. The fourth-order valence-electron chi connectivity index (χ4n) is 5.02. The van der Waals surface area contributed by atoms with Crippen LogP contribution in [0.5, 0.6) is 5.75 Å². The summed E-state index contributed by atoms with van der Waals surface area (Å²) in [5.41, 5.74) is 2.89. The molecule has 0 bridgehead atoms. The standard InChI is InChI=1S/C30H26N2O4/c1-3-4-10-19-15-17-20(18-16-19)24-26(29(33)21-11-6-5-7-12-21)30(34)25-22-13-8-9-14-23(22)31(2)27(25)28(24)32(35)36/h5-9,11-18,34H,3-4,10H2,1-2H3. The highest BCUT2D eigenvalue weighted by atomic mass is 16.6. The number of phenols is 1. The number of nitro groups is 1. The maximum absolute atomic E-state index is 13.8. The summed E-state index contributed by atoms with van der Waals surface area (Å²) in [5, 5.41) is 25.3. The van der Waals surface area contributed by atoms with Gasteiger partial charge in [0.15, 0.2) is 5.78 Å². The lowest BCUT2D eigenvalue weighted by atomic mass is 9.89. The fourth-order valence-corrected chi connectivity index (χ4v) is 5.02. The number of aromatic nitrogens is 1. The highest BCUT2D eigenvalue weighted by Crippen LogP contribution is 2.49. The van der Waals surface area contributed by atoms with E-state index in [1.807, 2.05) is 42.5 Å². The van der Waals surface area contributed by atoms with Gasteiger partial charge < -0.3 is 9.67 Å². The van der Waals surface area contributed by atoms with Crippen LogP contribution in [-0.4, -0.2) is 20.4 Å². The molecule has 0 saturated heterocycles. The zero-order chi connectivity index (χ0) is 25.4. The molecule has 1 heterocycles. The Bertz CT molecular complexity index is 1620. The summed E-state index contributed by atoms with van der Waals surface area (Å²) in [6.07, 6.45) is 3.01.